The first kappa shape index (κ1) is 17.9. The standard InChI is InChI=1S/C15H30N2O2/c1-7-13(19)16-11-14(5,8-2)10-15(6,9-3)17-12(4)18/h7-11H2,1-6H3,(H,16,19)(H,17,18). The van der Waals surface area contributed by atoms with E-state index in [9.17, 15) is 9.59 Å². The maximum Gasteiger partial charge on any atom is 0.219 e. The van der Waals surface area contributed by atoms with E-state index < -0.39 is 0 Å². The highest BCUT2D eigenvalue weighted by molar-refractivity contribution is 5.75. The molecule has 2 unspecified atom stereocenters. The van der Waals surface area contributed by atoms with Gasteiger partial charge in [0.15, 0.2) is 0 Å². The predicted octanol–water partition coefficient (Wildman–Crippen LogP) is 2.62. The number of nitrogens with one attached hydrogen (secondary N) is 2. The summed E-state index contributed by atoms with van der Waals surface area (Å²) in [4.78, 5) is 22.7. The van der Waals surface area contributed by atoms with Crippen molar-refractivity contribution >= 4 is 11.8 Å². The van der Waals surface area contributed by atoms with E-state index in [4.69, 9.17) is 0 Å². The van der Waals surface area contributed by atoms with Crippen LogP contribution in [0.15, 0.2) is 0 Å². The molecular weight excluding hydrogens is 240 g/mol. The van der Waals surface area contributed by atoms with Crippen LogP contribution in [-0.4, -0.2) is 23.9 Å². The Balaban J connectivity index is 4.73. The quantitative estimate of drug-likeness (QED) is 0.712. The monoisotopic (exact) mass is 270 g/mol. The van der Waals surface area contributed by atoms with Gasteiger partial charge in [0, 0.05) is 25.4 Å². The van der Waals surface area contributed by atoms with E-state index in [2.05, 4.69) is 38.3 Å². The average Bonchev–Trinajstić information content (AvgIpc) is 2.35. The molecule has 0 spiro atoms. The third-order valence-electron chi connectivity index (χ3n) is 3.96. The largest absolute Gasteiger partial charge is 0.356 e. The molecule has 4 nitrogen and oxygen atoms in total. The Morgan fingerprint density at radius 2 is 1.63 bits per heavy atom. The second-order valence-electron chi connectivity index (χ2n) is 6.07. The smallest absolute Gasteiger partial charge is 0.219 e. The minimum Gasteiger partial charge on any atom is -0.356 e. The van der Waals surface area contributed by atoms with E-state index in [1.807, 2.05) is 6.92 Å². The number of amides is 2. The molecule has 0 bridgehead atoms. The fraction of sp³-hybridized carbons (Fsp3) is 0.867. The van der Waals surface area contributed by atoms with Gasteiger partial charge >= 0.3 is 0 Å². The lowest BCUT2D eigenvalue weighted by Crippen LogP contribution is -2.50. The Morgan fingerprint density at radius 1 is 1.05 bits per heavy atom. The third-order valence-corrected chi connectivity index (χ3v) is 3.96. The Kier molecular flexibility index (Phi) is 7.09. The van der Waals surface area contributed by atoms with Crippen LogP contribution in [-0.2, 0) is 9.59 Å². The molecule has 2 atom stereocenters. The van der Waals surface area contributed by atoms with Gasteiger partial charge in [0.25, 0.3) is 0 Å². The van der Waals surface area contributed by atoms with Gasteiger partial charge in [-0.15, -0.1) is 0 Å². The molecule has 0 aliphatic rings. The zero-order valence-electron chi connectivity index (χ0n) is 13.4. The van der Waals surface area contributed by atoms with Gasteiger partial charge in [-0.3, -0.25) is 9.59 Å². The van der Waals surface area contributed by atoms with Gasteiger partial charge in [-0.05, 0) is 31.6 Å². The summed E-state index contributed by atoms with van der Waals surface area (Å²) < 4.78 is 0. The van der Waals surface area contributed by atoms with Crippen molar-refractivity contribution in [1.29, 1.82) is 0 Å². The minimum atomic E-state index is -0.215. The molecule has 112 valence electrons. The Bertz CT molecular complexity index is 317. The molecule has 0 fully saturated rings. The molecule has 19 heavy (non-hydrogen) atoms. The summed E-state index contributed by atoms with van der Waals surface area (Å²) in [6, 6.07) is 0. The van der Waals surface area contributed by atoms with E-state index in [1.54, 1.807) is 6.92 Å². The summed E-state index contributed by atoms with van der Waals surface area (Å²) in [6.07, 6.45) is 3.21. The number of hydrogen-bond acceptors (Lipinski definition) is 2. The molecule has 2 N–H and O–H groups in total. The second kappa shape index (κ2) is 7.51. The predicted molar refractivity (Wildman–Crippen MR) is 78.8 cm³/mol. The molecule has 0 aromatic carbocycles. The molecule has 0 saturated heterocycles. The van der Waals surface area contributed by atoms with Gasteiger partial charge in [0.1, 0.15) is 0 Å². The molecule has 0 rings (SSSR count). The Morgan fingerprint density at radius 3 is 2.00 bits per heavy atom. The number of carbonyl (C=O) groups is 2. The molecule has 4 heteroatoms. The number of rotatable bonds is 8. The van der Waals surface area contributed by atoms with Crippen LogP contribution in [0.3, 0.4) is 0 Å². The summed E-state index contributed by atoms with van der Waals surface area (Å²) in [5, 5.41) is 6.02. The van der Waals surface area contributed by atoms with Crippen molar-refractivity contribution in [3.63, 3.8) is 0 Å². The van der Waals surface area contributed by atoms with Crippen molar-refractivity contribution in [2.24, 2.45) is 5.41 Å². The van der Waals surface area contributed by atoms with Crippen LogP contribution in [0, 0.1) is 5.41 Å². The van der Waals surface area contributed by atoms with Crippen LogP contribution in [0.4, 0.5) is 0 Å². The van der Waals surface area contributed by atoms with Crippen molar-refractivity contribution < 1.29 is 9.59 Å². The summed E-state index contributed by atoms with van der Waals surface area (Å²) in [6.45, 7) is 12.5. The van der Waals surface area contributed by atoms with Crippen molar-refractivity contribution in [1.82, 2.24) is 10.6 Å². The zero-order chi connectivity index (χ0) is 15.1. The topological polar surface area (TPSA) is 58.2 Å². The highest BCUT2D eigenvalue weighted by Gasteiger charge is 2.34. The molecule has 0 aromatic heterocycles. The van der Waals surface area contributed by atoms with Crippen molar-refractivity contribution in [3.05, 3.63) is 0 Å². The second-order valence-corrected chi connectivity index (χ2v) is 6.07. The molecule has 0 aliphatic carbocycles. The Hall–Kier alpha value is -1.06. The highest BCUT2D eigenvalue weighted by Crippen LogP contribution is 2.33. The lowest BCUT2D eigenvalue weighted by Gasteiger charge is -2.39. The molecule has 2 amide bonds. The summed E-state index contributed by atoms with van der Waals surface area (Å²) >= 11 is 0. The van der Waals surface area contributed by atoms with Crippen LogP contribution >= 0.6 is 0 Å². The average molecular weight is 270 g/mol. The lowest BCUT2D eigenvalue weighted by molar-refractivity contribution is -0.122. The third kappa shape index (κ3) is 6.60. The van der Waals surface area contributed by atoms with E-state index in [-0.39, 0.29) is 22.8 Å². The first-order valence-electron chi connectivity index (χ1n) is 7.25. The maximum atomic E-state index is 11.4. The number of hydrogen-bond donors (Lipinski definition) is 2. The maximum absolute atomic E-state index is 11.4. The van der Waals surface area contributed by atoms with Crippen LogP contribution in [0.25, 0.3) is 0 Å². The van der Waals surface area contributed by atoms with E-state index in [0.29, 0.717) is 13.0 Å². The molecular formula is C15H30N2O2. The lowest BCUT2D eigenvalue weighted by atomic mass is 9.74. The first-order valence-corrected chi connectivity index (χ1v) is 7.25. The van der Waals surface area contributed by atoms with Crippen molar-refractivity contribution in [3.8, 4) is 0 Å². The van der Waals surface area contributed by atoms with Gasteiger partial charge in [-0.1, -0.05) is 27.7 Å². The zero-order valence-corrected chi connectivity index (χ0v) is 13.4. The van der Waals surface area contributed by atoms with Gasteiger partial charge in [-0.2, -0.15) is 0 Å². The summed E-state index contributed by atoms with van der Waals surface area (Å²) in [5.41, 5.74) is -0.217. The van der Waals surface area contributed by atoms with E-state index in [0.717, 1.165) is 19.3 Å². The van der Waals surface area contributed by atoms with Crippen LogP contribution in [0.5, 0.6) is 0 Å². The van der Waals surface area contributed by atoms with Gasteiger partial charge in [-0.25, -0.2) is 0 Å². The molecule has 0 heterocycles. The van der Waals surface area contributed by atoms with Crippen LogP contribution < -0.4 is 10.6 Å². The van der Waals surface area contributed by atoms with Gasteiger partial charge in [0.2, 0.25) is 11.8 Å². The first-order chi connectivity index (χ1) is 8.70. The minimum absolute atomic E-state index is 0.000367. The summed E-state index contributed by atoms with van der Waals surface area (Å²) in [5.74, 6) is 0.0813. The van der Waals surface area contributed by atoms with Crippen LogP contribution in [0.1, 0.15) is 67.2 Å². The van der Waals surface area contributed by atoms with Gasteiger partial charge in [0.05, 0.1) is 0 Å². The molecule has 0 radical (unpaired) electrons. The van der Waals surface area contributed by atoms with E-state index in [1.165, 1.54) is 0 Å². The molecule has 0 saturated carbocycles. The summed E-state index contributed by atoms with van der Waals surface area (Å²) in [7, 11) is 0. The number of carbonyl (C=O) groups excluding carboxylic acids is 2. The van der Waals surface area contributed by atoms with E-state index >= 15 is 0 Å². The molecule has 0 aromatic rings. The normalized spacial score (nSPS) is 17.2. The SMILES string of the molecule is CCC(=O)NCC(C)(CC)CC(C)(CC)NC(C)=O. The highest BCUT2D eigenvalue weighted by atomic mass is 16.2. The van der Waals surface area contributed by atoms with Crippen molar-refractivity contribution in [2.45, 2.75) is 72.8 Å². The van der Waals surface area contributed by atoms with Gasteiger partial charge < -0.3 is 10.6 Å². The van der Waals surface area contributed by atoms with Crippen molar-refractivity contribution in [2.75, 3.05) is 6.54 Å². The Labute approximate surface area is 117 Å². The fourth-order valence-electron chi connectivity index (χ4n) is 2.37. The molecule has 0 aliphatic heterocycles. The van der Waals surface area contributed by atoms with Crippen LogP contribution in [0.2, 0.25) is 0 Å². The fourth-order valence-corrected chi connectivity index (χ4v) is 2.37.